The fourth-order valence-corrected chi connectivity index (χ4v) is 1.87. The molecule has 7 heteroatoms. The van der Waals surface area contributed by atoms with Crippen LogP contribution in [0.5, 0.6) is 0 Å². The lowest BCUT2D eigenvalue weighted by atomic mass is 9.98. The van der Waals surface area contributed by atoms with Gasteiger partial charge in [0.1, 0.15) is 5.60 Å². The highest BCUT2D eigenvalue weighted by molar-refractivity contribution is 5.76. The molecule has 0 spiro atoms. The maximum absolute atomic E-state index is 11.9. The molecule has 1 amide bonds. The maximum Gasteiger partial charge on any atom is 0.410 e. The van der Waals surface area contributed by atoms with Gasteiger partial charge in [-0.3, -0.25) is 0 Å². The summed E-state index contributed by atoms with van der Waals surface area (Å²) in [5.74, 6) is -1.31. The van der Waals surface area contributed by atoms with Crippen LogP contribution in [-0.2, 0) is 14.3 Å². The average molecular weight is 289 g/mol. The van der Waals surface area contributed by atoms with E-state index in [9.17, 15) is 14.7 Å². The summed E-state index contributed by atoms with van der Waals surface area (Å²) in [6.07, 6.45) is -1.06. The third kappa shape index (κ3) is 4.97. The van der Waals surface area contributed by atoms with E-state index in [0.29, 0.717) is 13.2 Å². The molecule has 0 aromatic carbocycles. The van der Waals surface area contributed by atoms with Crippen LogP contribution < -0.4 is 0 Å². The minimum absolute atomic E-state index is 0.0817. The number of aliphatic carboxylic acids is 1. The quantitative estimate of drug-likeness (QED) is 0.799. The molecule has 0 aromatic heterocycles. The molecule has 2 N–H and O–H groups in total. The third-order valence-electron chi connectivity index (χ3n) is 2.88. The number of rotatable bonds is 3. The van der Waals surface area contributed by atoms with Gasteiger partial charge >= 0.3 is 12.1 Å². The van der Waals surface area contributed by atoms with E-state index in [0.717, 1.165) is 0 Å². The Morgan fingerprint density at radius 1 is 1.35 bits per heavy atom. The Bertz CT molecular complexity index is 374. The standard InChI is InChI=1S/C13H23NO6/c1-12(2,3)20-11(17)14-5-6-19-9(8-14)7-13(4,18)10(15)16/h9,18H,5-8H2,1-4H3,(H,15,16). The molecular weight excluding hydrogens is 266 g/mol. The minimum Gasteiger partial charge on any atom is -0.479 e. The summed E-state index contributed by atoms with van der Waals surface area (Å²) in [5.41, 5.74) is -2.46. The first kappa shape index (κ1) is 16.7. The monoisotopic (exact) mass is 289 g/mol. The van der Waals surface area contributed by atoms with Crippen LogP contribution in [0.15, 0.2) is 0 Å². The van der Waals surface area contributed by atoms with Gasteiger partial charge in [-0.15, -0.1) is 0 Å². The van der Waals surface area contributed by atoms with Gasteiger partial charge in [-0.05, 0) is 27.7 Å². The zero-order valence-electron chi connectivity index (χ0n) is 12.4. The largest absolute Gasteiger partial charge is 0.479 e. The van der Waals surface area contributed by atoms with Crippen molar-refractivity contribution in [2.45, 2.75) is 51.4 Å². The first-order valence-electron chi connectivity index (χ1n) is 6.56. The van der Waals surface area contributed by atoms with Gasteiger partial charge in [0.05, 0.1) is 19.3 Å². The predicted octanol–water partition coefficient (Wildman–Crippen LogP) is 0.848. The Kier molecular flexibility index (Phi) is 4.99. The number of ether oxygens (including phenoxy) is 2. The first-order valence-corrected chi connectivity index (χ1v) is 6.56. The van der Waals surface area contributed by atoms with Crippen molar-refractivity contribution in [3.8, 4) is 0 Å². The smallest absolute Gasteiger partial charge is 0.410 e. The molecule has 20 heavy (non-hydrogen) atoms. The molecule has 1 saturated heterocycles. The van der Waals surface area contributed by atoms with Crippen LogP contribution in [0.2, 0.25) is 0 Å². The van der Waals surface area contributed by atoms with Gasteiger partial charge < -0.3 is 24.6 Å². The van der Waals surface area contributed by atoms with E-state index in [1.807, 2.05) is 0 Å². The number of carbonyl (C=O) groups excluding carboxylic acids is 1. The molecule has 2 atom stereocenters. The lowest BCUT2D eigenvalue weighted by molar-refractivity contribution is -0.162. The topological polar surface area (TPSA) is 96.3 Å². The molecule has 0 aromatic rings. The summed E-state index contributed by atoms with van der Waals surface area (Å²) in [6.45, 7) is 7.43. The average Bonchev–Trinajstić information content (AvgIpc) is 2.26. The SMILES string of the molecule is CC(C)(C)OC(=O)N1CCOC(CC(C)(O)C(=O)O)C1. The molecule has 1 rings (SSSR count). The molecule has 2 unspecified atom stereocenters. The molecule has 1 aliphatic rings. The maximum atomic E-state index is 11.9. The van der Waals surface area contributed by atoms with Crippen molar-refractivity contribution in [3.63, 3.8) is 0 Å². The highest BCUT2D eigenvalue weighted by Crippen LogP contribution is 2.19. The minimum atomic E-state index is -1.87. The number of carboxylic acid groups (broad SMARTS) is 1. The molecule has 1 fully saturated rings. The summed E-state index contributed by atoms with van der Waals surface area (Å²) >= 11 is 0. The Balaban J connectivity index is 2.59. The second-order valence-corrected chi connectivity index (χ2v) is 6.20. The van der Waals surface area contributed by atoms with E-state index in [1.165, 1.54) is 11.8 Å². The molecule has 7 nitrogen and oxygen atoms in total. The van der Waals surface area contributed by atoms with E-state index in [-0.39, 0.29) is 13.0 Å². The summed E-state index contributed by atoms with van der Waals surface area (Å²) in [5, 5.41) is 18.6. The summed E-state index contributed by atoms with van der Waals surface area (Å²) in [4.78, 5) is 24.3. The van der Waals surface area contributed by atoms with Crippen molar-refractivity contribution in [3.05, 3.63) is 0 Å². The molecule has 0 saturated carbocycles. The van der Waals surface area contributed by atoms with Crippen molar-refractivity contribution >= 4 is 12.1 Å². The van der Waals surface area contributed by atoms with Gasteiger partial charge in [0.15, 0.2) is 5.60 Å². The normalized spacial score (nSPS) is 23.1. The van der Waals surface area contributed by atoms with Crippen molar-refractivity contribution < 1.29 is 29.3 Å². The number of carboxylic acids is 1. The number of nitrogens with zero attached hydrogens (tertiary/aromatic N) is 1. The molecule has 116 valence electrons. The van der Waals surface area contributed by atoms with E-state index in [4.69, 9.17) is 14.6 Å². The fourth-order valence-electron chi connectivity index (χ4n) is 1.87. The number of hydrogen-bond acceptors (Lipinski definition) is 5. The van der Waals surface area contributed by atoms with E-state index in [2.05, 4.69) is 0 Å². The Labute approximate surface area is 118 Å². The van der Waals surface area contributed by atoms with Crippen molar-refractivity contribution in [2.75, 3.05) is 19.7 Å². The lowest BCUT2D eigenvalue weighted by Crippen LogP contribution is -2.50. The summed E-state index contributed by atoms with van der Waals surface area (Å²) in [6, 6.07) is 0. The van der Waals surface area contributed by atoms with Crippen LogP contribution in [0.25, 0.3) is 0 Å². The van der Waals surface area contributed by atoms with Crippen LogP contribution in [0.4, 0.5) is 4.79 Å². The zero-order chi connectivity index (χ0) is 15.6. The van der Waals surface area contributed by atoms with Crippen LogP contribution in [0, 0.1) is 0 Å². The van der Waals surface area contributed by atoms with Gasteiger partial charge in [0, 0.05) is 13.0 Å². The van der Waals surface area contributed by atoms with Crippen molar-refractivity contribution in [1.29, 1.82) is 0 Å². The van der Waals surface area contributed by atoms with E-state index >= 15 is 0 Å². The molecular formula is C13H23NO6. The second kappa shape index (κ2) is 5.97. The van der Waals surface area contributed by atoms with Crippen molar-refractivity contribution in [2.24, 2.45) is 0 Å². The van der Waals surface area contributed by atoms with Crippen molar-refractivity contribution in [1.82, 2.24) is 4.90 Å². The molecule has 0 bridgehead atoms. The third-order valence-corrected chi connectivity index (χ3v) is 2.88. The Morgan fingerprint density at radius 2 is 1.95 bits per heavy atom. The molecule has 0 aliphatic carbocycles. The zero-order valence-corrected chi connectivity index (χ0v) is 12.4. The van der Waals surface area contributed by atoms with Crippen LogP contribution in [-0.4, -0.2) is 64.2 Å². The summed E-state index contributed by atoms with van der Waals surface area (Å²) in [7, 11) is 0. The van der Waals surface area contributed by atoms with Gasteiger partial charge in [-0.2, -0.15) is 0 Å². The summed E-state index contributed by atoms with van der Waals surface area (Å²) < 4.78 is 10.7. The van der Waals surface area contributed by atoms with Gasteiger partial charge in [0.25, 0.3) is 0 Å². The number of amides is 1. The first-order chi connectivity index (χ1) is 9.01. The predicted molar refractivity (Wildman–Crippen MR) is 70.4 cm³/mol. The van der Waals surface area contributed by atoms with Gasteiger partial charge in [-0.1, -0.05) is 0 Å². The van der Waals surface area contributed by atoms with Gasteiger partial charge in [0.2, 0.25) is 0 Å². The Hall–Kier alpha value is -1.34. The van der Waals surface area contributed by atoms with Crippen LogP contribution in [0.1, 0.15) is 34.1 Å². The molecule has 1 heterocycles. The number of aliphatic hydroxyl groups is 1. The fraction of sp³-hybridized carbons (Fsp3) is 0.846. The number of carbonyl (C=O) groups is 2. The van der Waals surface area contributed by atoms with E-state index < -0.39 is 29.4 Å². The van der Waals surface area contributed by atoms with Gasteiger partial charge in [-0.25, -0.2) is 9.59 Å². The lowest BCUT2D eigenvalue weighted by Gasteiger charge is -2.36. The number of hydrogen-bond donors (Lipinski definition) is 2. The van der Waals surface area contributed by atoms with E-state index in [1.54, 1.807) is 20.8 Å². The Morgan fingerprint density at radius 3 is 2.45 bits per heavy atom. The van der Waals surface area contributed by atoms with Crippen LogP contribution in [0.3, 0.4) is 0 Å². The second-order valence-electron chi connectivity index (χ2n) is 6.20. The van der Waals surface area contributed by atoms with Crippen LogP contribution >= 0.6 is 0 Å². The molecule has 0 radical (unpaired) electrons. The molecule has 1 aliphatic heterocycles. The highest BCUT2D eigenvalue weighted by Gasteiger charge is 2.37. The number of morpholine rings is 1. The highest BCUT2D eigenvalue weighted by atomic mass is 16.6.